The molecule has 0 bridgehead atoms. The van der Waals surface area contributed by atoms with Gasteiger partial charge in [0.1, 0.15) is 17.2 Å². The van der Waals surface area contributed by atoms with Crippen LogP contribution in [0.1, 0.15) is 12.5 Å². The van der Waals surface area contributed by atoms with Crippen LogP contribution in [0.3, 0.4) is 0 Å². The van der Waals surface area contributed by atoms with Crippen molar-refractivity contribution in [3.05, 3.63) is 35.4 Å². The first-order valence-electron chi connectivity index (χ1n) is 6.33. The average Bonchev–Trinajstić information content (AvgIpc) is 2.35. The van der Waals surface area contributed by atoms with Gasteiger partial charge in [-0.2, -0.15) is 8.78 Å². The Bertz CT molecular complexity index is 538. The monoisotopic (exact) mass is 305 g/mol. The second kappa shape index (κ2) is 5.29. The van der Waals surface area contributed by atoms with Gasteiger partial charge >= 0.3 is 5.92 Å². The van der Waals surface area contributed by atoms with Gasteiger partial charge in [-0.3, -0.25) is 4.79 Å². The van der Waals surface area contributed by atoms with Crippen molar-refractivity contribution in [3.63, 3.8) is 0 Å². The van der Waals surface area contributed by atoms with E-state index in [4.69, 9.17) is 4.74 Å². The molecular formula is C14H15F4NO2. The molecule has 0 N–H and O–H groups in total. The minimum absolute atomic E-state index is 0.0253. The van der Waals surface area contributed by atoms with Gasteiger partial charge in [-0.15, -0.1) is 0 Å². The summed E-state index contributed by atoms with van der Waals surface area (Å²) < 4.78 is 60.2. The highest BCUT2D eigenvalue weighted by Gasteiger charge is 2.48. The molecule has 0 atom stereocenters. The van der Waals surface area contributed by atoms with Crippen LogP contribution in [0.4, 0.5) is 17.6 Å². The van der Waals surface area contributed by atoms with Gasteiger partial charge in [-0.25, -0.2) is 8.78 Å². The first-order valence-corrected chi connectivity index (χ1v) is 6.33. The summed E-state index contributed by atoms with van der Waals surface area (Å²) in [6, 6.07) is 2.35. The highest BCUT2D eigenvalue weighted by atomic mass is 19.3. The third kappa shape index (κ3) is 2.88. The summed E-state index contributed by atoms with van der Waals surface area (Å²) in [5, 5.41) is 0. The van der Waals surface area contributed by atoms with E-state index in [0.717, 1.165) is 11.0 Å². The van der Waals surface area contributed by atoms with Crippen LogP contribution in [0.5, 0.6) is 0 Å². The second-order valence-corrected chi connectivity index (χ2v) is 5.64. The molecule has 1 amide bonds. The summed E-state index contributed by atoms with van der Waals surface area (Å²) in [6.07, 6.45) is 0. The van der Waals surface area contributed by atoms with Gasteiger partial charge in [-0.1, -0.05) is 13.0 Å². The number of carbonyl (C=O) groups excluding carboxylic acids is 1. The van der Waals surface area contributed by atoms with Crippen molar-refractivity contribution in [3.8, 4) is 0 Å². The van der Waals surface area contributed by atoms with Crippen molar-refractivity contribution in [2.45, 2.75) is 12.8 Å². The number of likely N-dealkylation sites (N-methyl/N-ethyl adjacent to an activating group) is 1. The van der Waals surface area contributed by atoms with Crippen molar-refractivity contribution in [2.24, 2.45) is 5.41 Å². The zero-order valence-corrected chi connectivity index (χ0v) is 11.6. The summed E-state index contributed by atoms with van der Waals surface area (Å²) in [6.45, 7) is 2.51. The van der Waals surface area contributed by atoms with Crippen LogP contribution < -0.4 is 0 Å². The topological polar surface area (TPSA) is 29.5 Å². The Morgan fingerprint density at radius 2 is 1.86 bits per heavy atom. The van der Waals surface area contributed by atoms with Crippen LogP contribution in [0.2, 0.25) is 0 Å². The Balaban J connectivity index is 2.23. The van der Waals surface area contributed by atoms with Crippen molar-refractivity contribution >= 4 is 5.91 Å². The molecule has 3 nitrogen and oxygen atoms in total. The van der Waals surface area contributed by atoms with Crippen LogP contribution in [0.15, 0.2) is 18.2 Å². The van der Waals surface area contributed by atoms with Gasteiger partial charge in [0.2, 0.25) is 0 Å². The summed E-state index contributed by atoms with van der Waals surface area (Å²) in [7, 11) is 1.18. The Labute approximate surface area is 119 Å². The van der Waals surface area contributed by atoms with Gasteiger partial charge in [0.25, 0.3) is 5.91 Å². The van der Waals surface area contributed by atoms with Gasteiger partial charge < -0.3 is 9.64 Å². The largest absolute Gasteiger partial charge is 0.380 e. The summed E-state index contributed by atoms with van der Waals surface area (Å²) in [5.74, 6) is -8.79. The zero-order valence-electron chi connectivity index (χ0n) is 11.6. The fourth-order valence-corrected chi connectivity index (χ4v) is 2.33. The van der Waals surface area contributed by atoms with Gasteiger partial charge in [0, 0.05) is 19.0 Å². The number of benzene rings is 1. The van der Waals surface area contributed by atoms with Gasteiger partial charge in [0.15, 0.2) is 0 Å². The highest BCUT2D eigenvalue weighted by Crippen LogP contribution is 2.35. The number of carbonyl (C=O) groups is 1. The Kier molecular flexibility index (Phi) is 3.97. The van der Waals surface area contributed by atoms with E-state index >= 15 is 0 Å². The van der Waals surface area contributed by atoms with E-state index < -0.39 is 34.4 Å². The zero-order chi connectivity index (χ0) is 15.8. The Hall–Kier alpha value is -1.63. The van der Waals surface area contributed by atoms with E-state index in [1.165, 1.54) is 7.05 Å². The van der Waals surface area contributed by atoms with Crippen molar-refractivity contribution < 1.29 is 27.1 Å². The van der Waals surface area contributed by atoms with Crippen LogP contribution in [-0.4, -0.2) is 37.6 Å². The maximum atomic E-state index is 14.1. The number of hydrogen-bond donors (Lipinski definition) is 0. The fourth-order valence-electron chi connectivity index (χ4n) is 2.33. The third-order valence-electron chi connectivity index (χ3n) is 3.41. The smallest absolute Gasteiger partial charge is 0.355 e. The molecule has 0 spiro atoms. The van der Waals surface area contributed by atoms with Crippen LogP contribution in [-0.2, 0) is 15.5 Å². The van der Waals surface area contributed by atoms with E-state index in [2.05, 4.69) is 0 Å². The molecule has 0 radical (unpaired) electrons. The molecule has 1 aromatic carbocycles. The quantitative estimate of drug-likeness (QED) is 0.800. The lowest BCUT2D eigenvalue weighted by molar-refractivity contribution is -0.166. The first kappa shape index (κ1) is 15.8. The molecule has 2 rings (SSSR count). The molecule has 116 valence electrons. The summed E-state index contributed by atoms with van der Waals surface area (Å²) in [5.41, 5.74) is -1.93. The number of hydrogen-bond acceptors (Lipinski definition) is 2. The first-order chi connectivity index (χ1) is 9.67. The van der Waals surface area contributed by atoms with Crippen molar-refractivity contribution in [1.82, 2.24) is 4.90 Å². The molecule has 1 aromatic rings. The van der Waals surface area contributed by atoms with Gasteiger partial charge in [0.05, 0.1) is 13.2 Å². The standard InChI is InChI=1S/C14H15F4NO2/c1-13(7-21-8-13)6-19(2)12(20)14(17,18)11-9(15)4-3-5-10(11)16/h3-5H,6-8H2,1-2H3. The number of alkyl halides is 2. The van der Waals surface area contributed by atoms with Crippen LogP contribution in [0.25, 0.3) is 0 Å². The second-order valence-electron chi connectivity index (χ2n) is 5.64. The SMILES string of the molecule is CN(CC1(C)COC1)C(=O)C(F)(F)c1c(F)cccc1F. The predicted molar refractivity (Wildman–Crippen MR) is 66.8 cm³/mol. The summed E-state index contributed by atoms with van der Waals surface area (Å²) >= 11 is 0. The fraction of sp³-hybridized carbons (Fsp3) is 0.500. The van der Waals surface area contributed by atoms with E-state index in [9.17, 15) is 22.4 Å². The lowest BCUT2D eigenvalue weighted by Gasteiger charge is -2.41. The number of halogens is 4. The molecule has 1 aliphatic heterocycles. The minimum atomic E-state index is -4.26. The minimum Gasteiger partial charge on any atom is -0.380 e. The molecule has 0 unspecified atom stereocenters. The van der Waals surface area contributed by atoms with E-state index in [1.807, 2.05) is 0 Å². The number of amides is 1. The Morgan fingerprint density at radius 3 is 2.29 bits per heavy atom. The third-order valence-corrected chi connectivity index (χ3v) is 3.41. The molecule has 1 fully saturated rings. The molecule has 1 heterocycles. The molecule has 0 aliphatic carbocycles. The normalized spacial score (nSPS) is 17.2. The molecule has 1 saturated heterocycles. The van der Waals surface area contributed by atoms with E-state index in [-0.39, 0.29) is 6.54 Å². The molecule has 0 saturated carbocycles. The number of ether oxygens (including phenoxy) is 1. The Morgan fingerprint density at radius 1 is 1.33 bits per heavy atom. The van der Waals surface area contributed by atoms with E-state index in [0.29, 0.717) is 25.3 Å². The molecule has 0 aromatic heterocycles. The highest BCUT2D eigenvalue weighted by molar-refractivity contribution is 5.84. The van der Waals surface area contributed by atoms with Gasteiger partial charge in [-0.05, 0) is 12.1 Å². The van der Waals surface area contributed by atoms with E-state index in [1.54, 1.807) is 6.92 Å². The number of rotatable bonds is 4. The number of nitrogens with zero attached hydrogens (tertiary/aromatic N) is 1. The maximum Gasteiger partial charge on any atom is 0.355 e. The van der Waals surface area contributed by atoms with Crippen LogP contribution in [0, 0.1) is 17.0 Å². The van der Waals surface area contributed by atoms with Crippen LogP contribution >= 0.6 is 0 Å². The molecule has 1 aliphatic rings. The lowest BCUT2D eigenvalue weighted by Crippen LogP contribution is -2.51. The summed E-state index contributed by atoms with van der Waals surface area (Å²) in [4.78, 5) is 12.7. The molecule has 7 heteroatoms. The molecular weight excluding hydrogens is 290 g/mol. The maximum absolute atomic E-state index is 14.1. The molecule has 21 heavy (non-hydrogen) atoms. The van der Waals surface area contributed by atoms with Crippen molar-refractivity contribution in [2.75, 3.05) is 26.8 Å². The predicted octanol–water partition coefficient (Wildman–Crippen LogP) is 2.55. The average molecular weight is 305 g/mol. The lowest BCUT2D eigenvalue weighted by atomic mass is 9.88. The van der Waals surface area contributed by atoms with Crippen molar-refractivity contribution in [1.29, 1.82) is 0 Å².